The summed E-state index contributed by atoms with van der Waals surface area (Å²) in [7, 11) is 1.41. The molecule has 0 fully saturated rings. The number of methoxy groups -OCH3 is 1. The van der Waals surface area contributed by atoms with E-state index < -0.39 is 30.1 Å². The van der Waals surface area contributed by atoms with Crippen molar-refractivity contribution in [2.45, 2.75) is 6.54 Å². The van der Waals surface area contributed by atoms with Crippen LogP contribution in [0.15, 0.2) is 42.5 Å². The number of amides is 1. The first-order valence-corrected chi connectivity index (χ1v) is 7.02. The van der Waals surface area contributed by atoms with Crippen LogP contribution >= 0.6 is 0 Å². The van der Waals surface area contributed by atoms with Crippen molar-refractivity contribution < 1.29 is 27.8 Å². The second-order valence-corrected chi connectivity index (χ2v) is 4.79. The van der Waals surface area contributed by atoms with Crippen LogP contribution in [0.3, 0.4) is 0 Å². The van der Waals surface area contributed by atoms with Crippen LogP contribution in [0.4, 0.5) is 8.78 Å². The molecule has 7 heteroatoms. The van der Waals surface area contributed by atoms with Crippen LogP contribution in [0, 0.1) is 11.6 Å². The number of rotatable bonds is 6. The van der Waals surface area contributed by atoms with E-state index in [2.05, 4.69) is 5.32 Å². The Kier molecular flexibility index (Phi) is 5.83. The van der Waals surface area contributed by atoms with Crippen molar-refractivity contribution >= 4 is 11.9 Å². The third kappa shape index (κ3) is 4.52. The lowest BCUT2D eigenvalue weighted by Crippen LogP contribution is -2.28. The molecule has 0 atom stereocenters. The van der Waals surface area contributed by atoms with E-state index in [-0.39, 0.29) is 17.7 Å². The van der Waals surface area contributed by atoms with Gasteiger partial charge in [-0.1, -0.05) is 18.2 Å². The van der Waals surface area contributed by atoms with Crippen molar-refractivity contribution in [2.75, 3.05) is 13.7 Å². The summed E-state index contributed by atoms with van der Waals surface area (Å²) >= 11 is 0. The summed E-state index contributed by atoms with van der Waals surface area (Å²) in [5.41, 5.74) is 0.318. The van der Waals surface area contributed by atoms with Crippen molar-refractivity contribution in [1.29, 1.82) is 0 Å². The lowest BCUT2D eigenvalue weighted by atomic mass is 10.2. The number of esters is 1. The molecule has 1 amide bonds. The van der Waals surface area contributed by atoms with Crippen molar-refractivity contribution in [3.05, 3.63) is 65.2 Å². The topological polar surface area (TPSA) is 64.6 Å². The molecule has 0 spiro atoms. The van der Waals surface area contributed by atoms with Crippen LogP contribution in [0.25, 0.3) is 0 Å². The quantitative estimate of drug-likeness (QED) is 0.824. The number of benzene rings is 2. The maximum Gasteiger partial charge on any atom is 0.342 e. The standard InChI is InChI=1S/C17H15F2NO4/c1-23-15-5-3-2-4-13(15)17(22)24-10-16(21)20-9-11-6-7-12(18)8-14(11)19/h2-8H,9-10H2,1H3,(H,20,21). The summed E-state index contributed by atoms with van der Waals surface area (Å²) in [6, 6.07) is 9.47. The van der Waals surface area contributed by atoms with Crippen molar-refractivity contribution in [1.82, 2.24) is 5.32 Å². The van der Waals surface area contributed by atoms with E-state index in [1.807, 2.05) is 0 Å². The molecule has 0 saturated carbocycles. The molecule has 0 aromatic heterocycles. The van der Waals surface area contributed by atoms with Crippen LogP contribution in [-0.4, -0.2) is 25.6 Å². The Hall–Kier alpha value is -2.96. The largest absolute Gasteiger partial charge is 0.496 e. The number of carbonyl (C=O) groups excluding carboxylic acids is 2. The molecule has 24 heavy (non-hydrogen) atoms. The zero-order valence-electron chi connectivity index (χ0n) is 12.8. The highest BCUT2D eigenvalue weighted by Crippen LogP contribution is 2.18. The van der Waals surface area contributed by atoms with Gasteiger partial charge in [0.25, 0.3) is 5.91 Å². The van der Waals surface area contributed by atoms with Gasteiger partial charge in [-0.3, -0.25) is 4.79 Å². The molecular formula is C17H15F2NO4. The first-order chi connectivity index (χ1) is 11.5. The molecule has 2 aromatic rings. The highest BCUT2D eigenvalue weighted by Gasteiger charge is 2.14. The average molecular weight is 335 g/mol. The molecule has 0 saturated heterocycles. The fourth-order valence-electron chi connectivity index (χ4n) is 1.93. The molecule has 2 rings (SSSR count). The van der Waals surface area contributed by atoms with Gasteiger partial charge < -0.3 is 14.8 Å². The maximum absolute atomic E-state index is 13.4. The highest BCUT2D eigenvalue weighted by molar-refractivity contribution is 5.93. The van der Waals surface area contributed by atoms with Crippen LogP contribution in [0.5, 0.6) is 5.75 Å². The Labute approximate surface area is 137 Å². The number of para-hydroxylation sites is 1. The summed E-state index contributed by atoms with van der Waals surface area (Å²) < 4.78 is 36.1. The molecule has 5 nitrogen and oxygen atoms in total. The normalized spacial score (nSPS) is 10.1. The van der Waals surface area contributed by atoms with E-state index in [0.717, 1.165) is 12.1 Å². The Balaban J connectivity index is 1.85. The molecule has 0 bridgehead atoms. The van der Waals surface area contributed by atoms with E-state index in [0.29, 0.717) is 5.75 Å². The van der Waals surface area contributed by atoms with Crippen molar-refractivity contribution in [3.8, 4) is 5.75 Å². The Morgan fingerprint density at radius 1 is 1.12 bits per heavy atom. The maximum atomic E-state index is 13.4. The molecule has 0 aliphatic rings. The van der Waals surface area contributed by atoms with Gasteiger partial charge in [-0.15, -0.1) is 0 Å². The zero-order chi connectivity index (χ0) is 17.5. The molecule has 0 radical (unpaired) electrons. The first-order valence-electron chi connectivity index (χ1n) is 7.02. The Morgan fingerprint density at radius 3 is 2.58 bits per heavy atom. The van der Waals surface area contributed by atoms with Gasteiger partial charge in [-0.05, 0) is 18.2 Å². The minimum Gasteiger partial charge on any atom is -0.496 e. The van der Waals surface area contributed by atoms with Gasteiger partial charge in [0.15, 0.2) is 6.61 Å². The van der Waals surface area contributed by atoms with E-state index in [1.165, 1.54) is 19.2 Å². The SMILES string of the molecule is COc1ccccc1C(=O)OCC(=O)NCc1ccc(F)cc1F. The molecule has 1 N–H and O–H groups in total. The second-order valence-electron chi connectivity index (χ2n) is 4.79. The summed E-state index contributed by atoms with van der Waals surface area (Å²) in [5.74, 6) is -2.46. The lowest BCUT2D eigenvalue weighted by molar-refractivity contribution is -0.124. The number of nitrogens with one attached hydrogen (secondary N) is 1. The van der Waals surface area contributed by atoms with Crippen LogP contribution in [0.2, 0.25) is 0 Å². The van der Waals surface area contributed by atoms with Gasteiger partial charge in [0.2, 0.25) is 0 Å². The number of halogens is 2. The second kappa shape index (κ2) is 8.05. The number of hydrogen-bond donors (Lipinski definition) is 1. The molecule has 0 heterocycles. The first kappa shape index (κ1) is 17.4. The Bertz CT molecular complexity index is 749. The summed E-state index contributed by atoms with van der Waals surface area (Å²) in [6.45, 7) is -0.670. The predicted molar refractivity (Wildman–Crippen MR) is 81.5 cm³/mol. The fraction of sp³-hybridized carbons (Fsp3) is 0.176. The average Bonchev–Trinajstić information content (AvgIpc) is 2.58. The predicted octanol–water partition coefficient (Wildman–Crippen LogP) is 2.45. The lowest BCUT2D eigenvalue weighted by Gasteiger charge is -2.09. The molecule has 2 aromatic carbocycles. The van der Waals surface area contributed by atoms with Crippen LogP contribution in [-0.2, 0) is 16.1 Å². The molecular weight excluding hydrogens is 320 g/mol. The number of ether oxygens (including phenoxy) is 2. The van der Waals surface area contributed by atoms with E-state index in [4.69, 9.17) is 9.47 Å². The third-order valence-electron chi connectivity index (χ3n) is 3.15. The van der Waals surface area contributed by atoms with Gasteiger partial charge in [0.1, 0.15) is 22.9 Å². The monoisotopic (exact) mass is 335 g/mol. The smallest absolute Gasteiger partial charge is 0.342 e. The van der Waals surface area contributed by atoms with Gasteiger partial charge in [-0.25, -0.2) is 13.6 Å². The van der Waals surface area contributed by atoms with Gasteiger partial charge >= 0.3 is 5.97 Å². The van der Waals surface area contributed by atoms with Gasteiger partial charge in [0.05, 0.1) is 7.11 Å². The molecule has 0 aliphatic carbocycles. The summed E-state index contributed by atoms with van der Waals surface area (Å²) in [6.07, 6.45) is 0. The van der Waals surface area contributed by atoms with Gasteiger partial charge in [-0.2, -0.15) is 0 Å². The third-order valence-corrected chi connectivity index (χ3v) is 3.15. The molecule has 126 valence electrons. The number of hydrogen-bond acceptors (Lipinski definition) is 4. The van der Waals surface area contributed by atoms with Crippen molar-refractivity contribution in [2.24, 2.45) is 0 Å². The fourth-order valence-corrected chi connectivity index (χ4v) is 1.93. The van der Waals surface area contributed by atoms with Crippen LogP contribution in [0.1, 0.15) is 15.9 Å². The zero-order valence-corrected chi connectivity index (χ0v) is 12.8. The molecule has 0 unspecified atom stereocenters. The summed E-state index contributed by atoms with van der Waals surface area (Å²) in [4.78, 5) is 23.6. The Morgan fingerprint density at radius 2 is 1.88 bits per heavy atom. The minimum absolute atomic E-state index is 0.126. The number of carbonyl (C=O) groups is 2. The van der Waals surface area contributed by atoms with E-state index in [9.17, 15) is 18.4 Å². The minimum atomic E-state index is -0.763. The van der Waals surface area contributed by atoms with E-state index in [1.54, 1.807) is 18.2 Å². The highest BCUT2D eigenvalue weighted by atomic mass is 19.1. The van der Waals surface area contributed by atoms with E-state index >= 15 is 0 Å². The van der Waals surface area contributed by atoms with Crippen LogP contribution < -0.4 is 10.1 Å². The van der Waals surface area contributed by atoms with Gasteiger partial charge in [0, 0.05) is 18.2 Å². The van der Waals surface area contributed by atoms with Crippen molar-refractivity contribution in [3.63, 3.8) is 0 Å². The molecule has 0 aliphatic heterocycles. The summed E-state index contributed by atoms with van der Waals surface area (Å²) in [5, 5.41) is 2.38.